The van der Waals surface area contributed by atoms with Crippen molar-refractivity contribution < 1.29 is 9.53 Å². The Labute approximate surface area is 183 Å². The van der Waals surface area contributed by atoms with Crippen molar-refractivity contribution in [1.82, 2.24) is 9.88 Å². The van der Waals surface area contributed by atoms with E-state index in [-0.39, 0.29) is 5.91 Å². The Balaban J connectivity index is 1.47. The highest BCUT2D eigenvalue weighted by molar-refractivity contribution is 6.03. The zero-order chi connectivity index (χ0) is 21.8. The molecular formula is C25H28N4O2. The van der Waals surface area contributed by atoms with Crippen molar-refractivity contribution in [2.45, 2.75) is 6.92 Å². The molecule has 2 heterocycles. The Morgan fingerprint density at radius 2 is 1.81 bits per heavy atom. The molecule has 1 aromatic heterocycles. The number of nitrogens with zero attached hydrogens (tertiary/aromatic N) is 3. The number of carbonyl (C=O) groups is 1. The molecule has 0 spiro atoms. The number of benzene rings is 2. The molecule has 6 nitrogen and oxygen atoms in total. The topological polar surface area (TPSA) is 57.7 Å². The average molecular weight is 417 g/mol. The number of aryl methyl sites for hydroxylation is 1. The van der Waals surface area contributed by atoms with Crippen molar-refractivity contribution in [2.75, 3.05) is 50.6 Å². The third-order valence-corrected chi connectivity index (χ3v) is 5.64. The lowest BCUT2D eigenvalue weighted by Gasteiger charge is -2.33. The maximum Gasteiger partial charge on any atom is 0.248 e. The maximum absolute atomic E-state index is 12.4. The summed E-state index contributed by atoms with van der Waals surface area (Å²) in [5, 5.41) is 3.99. The van der Waals surface area contributed by atoms with Gasteiger partial charge in [-0.3, -0.25) is 4.79 Å². The van der Waals surface area contributed by atoms with Gasteiger partial charge in [-0.1, -0.05) is 12.1 Å². The number of ether oxygens (including phenoxy) is 1. The molecule has 1 N–H and O–H groups in total. The van der Waals surface area contributed by atoms with Gasteiger partial charge in [0, 0.05) is 43.3 Å². The van der Waals surface area contributed by atoms with Crippen LogP contribution in [-0.4, -0.2) is 56.1 Å². The summed E-state index contributed by atoms with van der Waals surface area (Å²) in [4.78, 5) is 21.9. The third-order valence-electron chi connectivity index (χ3n) is 5.64. The molecule has 4 rings (SSSR count). The van der Waals surface area contributed by atoms with Crippen LogP contribution in [0.4, 0.5) is 11.5 Å². The van der Waals surface area contributed by atoms with Crippen LogP contribution < -0.4 is 15.0 Å². The smallest absolute Gasteiger partial charge is 0.248 e. The molecule has 31 heavy (non-hydrogen) atoms. The molecule has 0 saturated carbocycles. The van der Waals surface area contributed by atoms with E-state index in [0.717, 1.165) is 65.5 Å². The Bertz CT molecular complexity index is 1100. The lowest BCUT2D eigenvalue weighted by atomic mass is 10.1. The quantitative estimate of drug-likeness (QED) is 0.638. The largest absolute Gasteiger partial charge is 0.497 e. The normalized spacial score (nSPS) is 14.9. The Kier molecular flexibility index (Phi) is 6.18. The first-order valence-corrected chi connectivity index (χ1v) is 10.5. The maximum atomic E-state index is 12.4. The Hall–Kier alpha value is -3.38. The summed E-state index contributed by atoms with van der Waals surface area (Å²) in [7, 11) is 3.78. The molecule has 1 amide bonds. The molecular weight excluding hydrogens is 388 g/mol. The van der Waals surface area contributed by atoms with Crippen LogP contribution in [0.5, 0.6) is 5.75 Å². The highest BCUT2D eigenvalue weighted by atomic mass is 16.5. The number of piperazine rings is 1. The van der Waals surface area contributed by atoms with Crippen molar-refractivity contribution >= 4 is 34.4 Å². The summed E-state index contributed by atoms with van der Waals surface area (Å²) < 4.78 is 5.15. The van der Waals surface area contributed by atoms with Crippen molar-refractivity contribution in [1.29, 1.82) is 0 Å². The van der Waals surface area contributed by atoms with E-state index < -0.39 is 0 Å². The molecule has 1 fully saturated rings. The van der Waals surface area contributed by atoms with Crippen molar-refractivity contribution in [2.24, 2.45) is 0 Å². The number of carbonyl (C=O) groups excluding carboxylic acids is 1. The Morgan fingerprint density at radius 3 is 2.52 bits per heavy atom. The fourth-order valence-corrected chi connectivity index (χ4v) is 3.72. The predicted octanol–water partition coefficient (Wildman–Crippen LogP) is 3.96. The van der Waals surface area contributed by atoms with Crippen LogP contribution in [0, 0.1) is 6.92 Å². The summed E-state index contributed by atoms with van der Waals surface area (Å²) in [6.07, 6.45) is 3.32. The van der Waals surface area contributed by atoms with Gasteiger partial charge >= 0.3 is 0 Å². The van der Waals surface area contributed by atoms with Crippen LogP contribution in [0.15, 0.2) is 54.6 Å². The second kappa shape index (κ2) is 9.18. The summed E-state index contributed by atoms with van der Waals surface area (Å²) in [6, 6.07) is 15.6. The molecule has 0 unspecified atom stereocenters. The van der Waals surface area contributed by atoms with Gasteiger partial charge < -0.3 is 19.9 Å². The molecule has 2 aromatic carbocycles. The van der Waals surface area contributed by atoms with Crippen LogP contribution in [0.25, 0.3) is 17.0 Å². The van der Waals surface area contributed by atoms with Gasteiger partial charge in [-0.15, -0.1) is 0 Å². The number of rotatable bonds is 5. The second-order valence-corrected chi connectivity index (χ2v) is 7.92. The van der Waals surface area contributed by atoms with Gasteiger partial charge in [-0.25, -0.2) is 4.98 Å². The summed E-state index contributed by atoms with van der Waals surface area (Å²) in [5.41, 5.74) is 3.80. The Morgan fingerprint density at radius 1 is 1.06 bits per heavy atom. The molecule has 1 aliphatic heterocycles. The van der Waals surface area contributed by atoms with E-state index in [2.05, 4.69) is 35.2 Å². The number of methoxy groups -OCH3 is 1. The van der Waals surface area contributed by atoms with Crippen molar-refractivity contribution in [3.8, 4) is 5.75 Å². The summed E-state index contributed by atoms with van der Waals surface area (Å²) >= 11 is 0. The van der Waals surface area contributed by atoms with E-state index in [4.69, 9.17) is 9.72 Å². The SMILES string of the molecule is COc1ccc(C=CC(=O)Nc2ccc3nc(N4CCN(C)CC4)cc(C)c3c2)cc1. The van der Waals surface area contributed by atoms with E-state index in [1.807, 2.05) is 42.5 Å². The van der Waals surface area contributed by atoms with E-state index >= 15 is 0 Å². The highest BCUT2D eigenvalue weighted by Gasteiger charge is 2.16. The molecule has 160 valence electrons. The number of fused-ring (bicyclic) bond motifs is 1. The van der Waals surface area contributed by atoms with Gasteiger partial charge in [0.05, 0.1) is 12.6 Å². The summed E-state index contributed by atoms with van der Waals surface area (Å²) in [6.45, 7) is 6.17. The highest BCUT2D eigenvalue weighted by Crippen LogP contribution is 2.26. The van der Waals surface area contributed by atoms with Gasteiger partial charge in [-0.05, 0) is 67.6 Å². The number of anilines is 2. The number of hydrogen-bond acceptors (Lipinski definition) is 5. The lowest BCUT2D eigenvalue weighted by molar-refractivity contribution is -0.111. The number of hydrogen-bond donors (Lipinski definition) is 1. The molecule has 0 aliphatic carbocycles. The number of pyridine rings is 1. The van der Waals surface area contributed by atoms with Crippen molar-refractivity contribution in [3.63, 3.8) is 0 Å². The van der Waals surface area contributed by atoms with E-state index in [0.29, 0.717) is 0 Å². The molecule has 1 aliphatic rings. The number of nitrogens with one attached hydrogen (secondary N) is 1. The monoisotopic (exact) mass is 416 g/mol. The van der Waals surface area contributed by atoms with Crippen LogP contribution in [-0.2, 0) is 4.79 Å². The minimum absolute atomic E-state index is 0.171. The fourth-order valence-electron chi connectivity index (χ4n) is 3.72. The molecule has 6 heteroatoms. The van der Waals surface area contributed by atoms with Gasteiger partial charge in [-0.2, -0.15) is 0 Å². The predicted molar refractivity (Wildman–Crippen MR) is 127 cm³/mol. The van der Waals surface area contributed by atoms with E-state index in [9.17, 15) is 4.79 Å². The van der Waals surface area contributed by atoms with E-state index in [1.165, 1.54) is 6.08 Å². The fraction of sp³-hybridized carbons (Fsp3) is 0.280. The standard InChI is InChI=1S/C25H28N4O2/c1-18-16-24(29-14-12-28(2)13-15-29)27-23-10-7-20(17-22(18)23)26-25(30)11-6-19-4-8-21(31-3)9-5-19/h4-11,16-17H,12-15H2,1-3H3,(H,26,30). The minimum atomic E-state index is -0.171. The van der Waals surface area contributed by atoms with Gasteiger partial charge in [0.2, 0.25) is 5.91 Å². The van der Waals surface area contributed by atoms with Gasteiger partial charge in [0.25, 0.3) is 0 Å². The zero-order valence-corrected chi connectivity index (χ0v) is 18.3. The first kappa shape index (κ1) is 20.9. The summed E-state index contributed by atoms with van der Waals surface area (Å²) in [5.74, 6) is 1.64. The van der Waals surface area contributed by atoms with Crippen LogP contribution in [0.2, 0.25) is 0 Å². The zero-order valence-electron chi connectivity index (χ0n) is 18.3. The molecule has 0 radical (unpaired) electrons. The second-order valence-electron chi connectivity index (χ2n) is 7.92. The van der Waals surface area contributed by atoms with Gasteiger partial charge in [0.15, 0.2) is 0 Å². The number of aromatic nitrogens is 1. The number of likely N-dealkylation sites (N-methyl/N-ethyl adjacent to an activating group) is 1. The third kappa shape index (κ3) is 5.03. The average Bonchev–Trinajstić information content (AvgIpc) is 2.79. The number of amides is 1. The molecule has 0 atom stereocenters. The minimum Gasteiger partial charge on any atom is -0.497 e. The van der Waals surface area contributed by atoms with Crippen molar-refractivity contribution in [3.05, 3.63) is 65.7 Å². The molecule has 3 aromatic rings. The van der Waals surface area contributed by atoms with Gasteiger partial charge in [0.1, 0.15) is 11.6 Å². The van der Waals surface area contributed by atoms with E-state index in [1.54, 1.807) is 13.2 Å². The van der Waals surface area contributed by atoms with Crippen LogP contribution >= 0.6 is 0 Å². The lowest BCUT2D eigenvalue weighted by Crippen LogP contribution is -2.44. The van der Waals surface area contributed by atoms with Crippen LogP contribution in [0.1, 0.15) is 11.1 Å². The first-order chi connectivity index (χ1) is 15.0. The van der Waals surface area contributed by atoms with Crippen LogP contribution in [0.3, 0.4) is 0 Å². The molecule has 0 bridgehead atoms. The first-order valence-electron chi connectivity index (χ1n) is 10.5. The molecule has 1 saturated heterocycles.